The van der Waals surface area contributed by atoms with Crippen LogP contribution in [0.2, 0.25) is 0 Å². The van der Waals surface area contributed by atoms with Crippen molar-refractivity contribution in [3.05, 3.63) is 0 Å². The Kier molecular flexibility index (Phi) is 6.47. The minimum atomic E-state index is -0.666. The van der Waals surface area contributed by atoms with Gasteiger partial charge in [0.25, 0.3) is 0 Å². The highest BCUT2D eigenvalue weighted by Gasteiger charge is 2.87. The van der Waals surface area contributed by atoms with E-state index in [0.717, 1.165) is 32.4 Å². The third-order valence-electron chi connectivity index (χ3n) is 12.0. The zero-order valence-corrected chi connectivity index (χ0v) is 23.9. The van der Waals surface area contributed by atoms with Crippen molar-refractivity contribution in [2.75, 3.05) is 48.1 Å². The molecular formula is C29H45NO8. The standard InChI is InChI=1S/C29H45NO8/c1-8-30-13-27(14-33-4)10-9-20(35-6)29-18-11-17-19(34-5)12-28(36-7,21(18)23(17)37-15(2)31)22(26(29)30)24(25(27)29)38-16(3)32/h17-26H,8-14H2,1-7H3. The van der Waals surface area contributed by atoms with Crippen molar-refractivity contribution in [2.45, 2.75) is 82.5 Å². The number of likely N-dealkylation sites (tertiary alicyclic amines) is 1. The zero-order valence-electron chi connectivity index (χ0n) is 23.9. The van der Waals surface area contributed by atoms with E-state index >= 15 is 0 Å². The lowest BCUT2D eigenvalue weighted by Gasteiger charge is -2.69. The van der Waals surface area contributed by atoms with Crippen molar-refractivity contribution in [1.82, 2.24) is 4.90 Å². The van der Waals surface area contributed by atoms with Crippen LogP contribution in [0.5, 0.6) is 0 Å². The zero-order chi connectivity index (χ0) is 27.2. The lowest BCUT2D eigenvalue weighted by molar-refractivity contribution is -0.282. The predicted octanol–water partition coefficient (Wildman–Crippen LogP) is 2.30. The molecule has 0 aromatic carbocycles. The van der Waals surface area contributed by atoms with Crippen LogP contribution in [0.3, 0.4) is 0 Å². The number of hydrogen-bond acceptors (Lipinski definition) is 9. The van der Waals surface area contributed by atoms with Crippen LogP contribution in [-0.2, 0) is 38.0 Å². The molecule has 9 heteroatoms. The normalized spacial score (nSPS) is 52.1. The summed E-state index contributed by atoms with van der Waals surface area (Å²) in [7, 11) is 7.16. The lowest BCUT2D eigenvalue weighted by Crippen LogP contribution is -2.76. The molecule has 7 bridgehead atoms. The minimum absolute atomic E-state index is 0.00179. The second-order valence-corrected chi connectivity index (χ2v) is 12.9. The Morgan fingerprint density at radius 1 is 0.974 bits per heavy atom. The van der Waals surface area contributed by atoms with Crippen molar-refractivity contribution < 1.29 is 38.0 Å². The summed E-state index contributed by atoms with van der Waals surface area (Å²) >= 11 is 0. The van der Waals surface area contributed by atoms with E-state index < -0.39 is 5.60 Å². The first-order chi connectivity index (χ1) is 18.2. The maximum Gasteiger partial charge on any atom is 0.302 e. The first-order valence-electron chi connectivity index (χ1n) is 14.4. The summed E-state index contributed by atoms with van der Waals surface area (Å²) < 4.78 is 37.9. The molecule has 1 heterocycles. The molecule has 1 saturated heterocycles. The van der Waals surface area contributed by atoms with Crippen molar-refractivity contribution in [3.63, 3.8) is 0 Å². The van der Waals surface area contributed by atoms with Gasteiger partial charge in [-0.05, 0) is 31.7 Å². The Balaban J connectivity index is 1.65. The number of fused-ring (bicyclic) bond motifs is 2. The molecule has 6 aliphatic rings. The van der Waals surface area contributed by atoms with Crippen LogP contribution in [0.1, 0.15) is 46.5 Å². The Hall–Kier alpha value is -1.26. The van der Waals surface area contributed by atoms with E-state index in [1.54, 1.807) is 21.3 Å². The smallest absolute Gasteiger partial charge is 0.302 e. The van der Waals surface area contributed by atoms with Crippen molar-refractivity contribution in [2.24, 2.45) is 40.4 Å². The van der Waals surface area contributed by atoms with Crippen LogP contribution in [0, 0.1) is 40.4 Å². The summed E-state index contributed by atoms with van der Waals surface area (Å²) in [6.45, 7) is 7.64. The number of ether oxygens (including phenoxy) is 6. The Labute approximate surface area is 226 Å². The molecular weight excluding hydrogens is 490 g/mol. The molecule has 1 aliphatic heterocycles. The molecule has 214 valence electrons. The average molecular weight is 536 g/mol. The van der Waals surface area contributed by atoms with E-state index in [9.17, 15) is 9.59 Å². The Morgan fingerprint density at radius 2 is 1.68 bits per heavy atom. The number of hydrogen-bond donors (Lipinski definition) is 0. The second kappa shape index (κ2) is 9.13. The molecule has 5 aliphatic carbocycles. The van der Waals surface area contributed by atoms with Gasteiger partial charge in [0.15, 0.2) is 0 Å². The van der Waals surface area contributed by atoms with Crippen molar-refractivity contribution in [3.8, 4) is 0 Å². The summed E-state index contributed by atoms with van der Waals surface area (Å²) in [5.41, 5.74) is -1.12. The van der Waals surface area contributed by atoms with Gasteiger partial charge < -0.3 is 28.4 Å². The Morgan fingerprint density at radius 3 is 2.26 bits per heavy atom. The fourth-order valence-corrected chi connectivity index (χ4v) is 11.7. The van der Waals surface area contributed by atoms with Gasteiger partial charge in [-0.2, -0.15) is 0 Å². The monoisotopic (exact) mass is 535 g/mol. The second-order valence-electron chi connectivity index (χ2n) is 12.9. The fourth-order valence-electron chi connectivity index (χ4n) is 11.7. The van der Waals surface area contributed by atoms with Gasteiger partial charge in [-0.1, -0.05) is 6.92 Å². The van der Waals surface area contributed by atoms with Crippen LogP contribution in [0.4, 0.5) is 0 Å². The summed E-state index contributed by atoms with van der Waals surface area (Å²) in [5, 5.41) is 0. The van der Waals surface area contributed by atoms with Gasteiger partial charge in [0.2, 0.25) is 0 Å². The first kappa shape index (κ1) is 26.9. The number of piperidine rings is 1. The molecule has 0 amide bonds. The van der Waals surface area contributed by atoms with E-state index in [1.807, 2.05) is 7.11 Å². The molecule has 13 unspecified atom stereocenters. The van der Waals surface area contributed by atoms with Gasteiger partial charge in [0, 0.05) is 95.8 Å². The maximum absolute atomic E-state index is 12.8. The highest BCUT2D eigenvalue weighted by atomic mass is 16.6. The summed E-state index contributed by atoms with van der Waals surface area (Å²) in [6, 6.07) is 0.116. The molecule has 13 atom stereocenters. The van der Waals surface area contributed by atoms with Crippen LogP contribution in [-0.4, -0.2) is 101 Å². The number of nitrogens with zero attached hydrogens (tertiary/aromatic N) is 1. The fraction of sp³-hybridized carbons (Fsp3) is 0.931. The third kappa shape index (κ3) is 3.06. The minimum Gasteiger partial charge on any atom is -0.462 e. The molecule has 9 nitrogen and oxygen atoms in total. The van der Waals surface area contributed by atoms with Gasteiger partial charge in [0.05, 0.1) is 24.4 Å². The quantitative estimate of drug-likeness (QED) is 0.434. The molecule has 0 aromatic rings. The summed E-state index contributed by atoms with van der Waals surface area (Å²) in [4.78, 5) is 27.9. The average Bonchev–Trinajstić information content (AvgIpc) is 3.28. The third-order valence-corrected chi connectivity index (χ3v) is 12.0. The van der Waals surface area contributed by atoms with E-state index in [1.165, 1.54) is 13.8 Å². The molecule has 0 N–H and O–H groups in total. The van der Waals surface area contributed by atoms with Crippen LogP contribution in [0.15, 0.2) is 0 Å². The summed E-state index contributed by atoms with van der Waals surface area (Å²) in [5.74, 6) is -0.343. The van der Waals surface area contributed by atoms with Crippen LogP contribution >= 0.6 is 0 Å². The lowest BCUT2D eigenvalue weighted by atomic mass is 9.43. The van der Waals surface area contributed by atoms with Gasteiger partial charge >= 0.3 is 11.9 Å². The molecule has 6 rings (SSSR count). The predicted molar refractivity (Wildman–Crippen MR) is 136 cm³/mol. The number of rotatable bonds is 8. The van der Waals surface area contributed by atoms with E-state index in [0.29, 0.717) is 13.0 Å². The number of esters is 2. The van der Waals surface area contributed by atoms with Gasteiger partial charge in [0.1, 0.15) is 12.2 Å². The van der Waals surface area contributed by atoms with Crippen molar-refractivity contribution >= 4 is 11.9 Å². The topological polar surface area (TPSA) is 92.8 Å². The molecule has 38 heavy (non-hydrogen) atoms. The maximum atomic E-state index is 12.8. The van der Waals surface area contributed by atoms with Gasteiger partial charge in [-0.3, -0.25) is 14.5 Å². The molecule has 5 saturated carbocycles. The number of methoxy groups -OCH3 is 4. The van der Waals surface area contributed by atoms with E-state index in [-0.39, 0.29) is 82.8 Å². The molecule has 6 fully saturated rings. The van der Waals surface area contributed by atoms with E-state index in [4.69, 9.17) is 28.4 Å². The van der Waals surface area contributed by atoms with Crippen molar-refractivity contribution in [1.29, 1.82) is 0 Å². The largest absolute Gasteiger partial charge is 0.462 e. The van der Waals surface area contributed by atoms with Crippen LogP contribution in [0.25, 0.3) is 0 Å². The molecule has 1 spiro atoms. The number of carbonyl (C=O) groups excluding carboxylic acids is 2. The van der Waals surface area contributed by atoms with E-state index in [2.05, 4.69) is 11.8 Å². The molecule has 0 aromatic heterocycles. The Bertz CT molecular complexity index is 976. The van der Waals surface area contributed by atoms with Gasteiger partial charge in [-0.25, -0.2) is 0 Å². The van der Waals surface area contributed by atoms with Crippen LogP contribution < -0.4 is 0 Å². The molecule has 0 radical (unpaired) electrons. The number of carbonyl (C=O) groups is 2. The summed E-state index contributed by atoms with van der Waals surface area (Å²) in [6.07, 6.45) is 2.68. The first-order valence-corrected chi connectivity index (χ1v) is 14.4. The highest BCUT2D eigenvalue weighted by Crippen LogP contribution is 2.80. The van der Waals surface area contributed by atoms with Gasteiger partial charge in [-0.15, -0.1) is 0 Å². The highest BCUT2D eigenvalue weighted by molar-refractivity contribution is 5.67. The SMILES string of the molecule is CCN1CC2(COC)CCC(OC)C34C5CC6C(OC)CC(OC)(C5C6OC(C)=O)C(C(OC(C)=O)C23)C14.